The number of halogens is 1. The Labute approximate surface area is 177 Å². The SMILES string of the molecule is O=C(CCc1ccccc1)N1CCCC(c2cccc(Cc3ccccc3F)n2)C1. The fourth-order valence-corrected chi connectivity index (χ4v) is 4.16. The molecule has 0 spiro atoms. The van der Waals surface area contributed by atoms with E-state index in [4.69, 9.17) is 4.98 Å². The second kappa shape index (κ2) is 9.66. The molecule has 0 aliphatic carbocycles. The van der Waals surface area contributed by atoms with Crippen LogP contribution in [0.5, 0.6) is 0 Å². The predicted octanol–water partition coefficient (Wildman–Crippen LogP) is 5.15. The summed E-state index contributed by atoms with van der Waals surface area (Å²) in [6.45, 7) is 1.53. The molecule has 1 amide bonds. The molecule has 0 radical (unpaired) electrons. The van der Waals surface area contributed by atoms with Gasteiger partial charge in [-0.1, -0.05) is 54.6 Å². The second-order valence-corrected chi connectivity index (χ2v) is 7.99. The third-order valence-corrected chi connectivity index (χ3v) is 5.82. The van der Waals surface area contributed by atoms with E-state index >= 15 is 0 Å². The van der Waals surface area contributed by atoms with Gasteiger partial charge in [-0.15, -0.1) is 0 Å². The Kier molecular flexibility index (Phi) is 6.53. The van der Waals surface area contributed by atoms with Crippen LogP contribution in [0.25, 0.3) is 0 Å². The molecule has 1 fully saturated rings. The van der Waals surface area contributed by atoms with E-state index < -0.39 is 0 Å². The van der Waals surface area contributed by atoms with E-state index in [9.17, 15) is 9.18 Å². The summed E-state index contributed by atoms with van der Waals surface area (Å²) in [5.41, 5.74) is 3.72. The van der Waals surface area contributed by atoms with Crippen molar-refractivity contribution in [2.45, 2.75) is 38.0 Å². The summed E-state index contributed by atoms with van der Waals surface area (Å²) in [5, 5.41) is 0. The summed E-state index contributed by atoms with van der Waals surface area (Å²) in [7, 11) is 0. The molecule has 1 atom stereocenters. The summed E-state index contributed by atoms with van der Waals surface area (Å²) in [5.74, 6) is 0.253. The predicted molar refractivity (Wildman–Crippen MR) is 117 cm³/mol. The largest absolute Gasteiger partial charge is 0.342 e. The van der Waals surface area contributed by atoms with Crippen LogP contribution in [0.4, 0.5) is 4.39 Å². The third-order valence-electron chi connectivity index (χ3n) is 5.82. The second-order valence-electron chi connectivity index (χ2n) is 7.99. The highest BCUT2D eigenvalue weighted by Crippen LogP contribution is 2.27. The number of aryl methyl sites for hydroxylation is 1. The monoisotopic (exact) mass is 402 g/mol. The molecule has 2 heterocycles. The van der Waals surface area contributed by atoms with Crippen molar-refractivity contribution in [1.29, 1.82) is 0 Å². The molecule has 0 bridgehead atoms. The van der Waals surface area contributed by atoms with E-state index in [2.05, 4.69) is 12.1 Å². The van der Waals surface area contributed by atoms with Gasteiger partial charge in [0, 0.05) is 43.2 Å². The minimum absolute atomic E-state index is 0.197. The summed E-state index contributed by atoms with van der Waals surface area (Å²) >= 11 is 0. The van der Waals surface area contributed by atoms with Crippen molar-refractivity contribution < 1.29 is 9.18 Å². The van der Waals surface area contributed by atoms with Crippen molar-refractivity contribution in [3.05, 3.63) is 101 Å². The zero-order valence-electron chi connectivity index (χ0n) is 17.1. The number of likely N-dealkylation sites (tertiary alicyclic amines) is 1. The molecule has 0 saturated carbocycles. The summed E-state index contributed by atoms with van der Waals surface area (Å²) in [6, 6.07) is 23.0. The molecule has 1 aliphatic rings. The standard InChI is InChI=1S/C26H27FN2O/c27-24-13-5-4-10-21(24)18-23-12-6-14-25(28-23)22-11-7-17-29(19-22)26(30)16-15-20-8-2-1-3-9-20/h1-6,8-10,12-14,22H,7,11,15-19H2. The minimum atomic E-state index is -0.197. The van der Waals surface area contributed by atoms with Crippen LogP contribution in [0.3, 0.4) is 0 Å². The van der Waals surface area contributed by atoms with E-state index in [-0.39, 0.29) is 17.6 Å². The van der Waals surface area contributed by atoms with Crippen molar-refractivity contribution in [2.75, 3.05) is 13.1 Å². The lowest BCUT2D eigenvalue weighted by Gasteiger charge is -2.32. The van der Waals surface area contributed by atoms with Crippen LogP contribution in [0.1, 0.15) is 47.7 Å². The van der Waals surface area contributed by atoms with E-state index in [1.165, 1.54) is 11.6 Å². The summed E-state index contributed by atoms with van der Waals surface area (Å²) < 4.78 is 14.0. The minimum Gasteiger partial charge on any atom is -0.342 e. The number of piperidine rings is 1. The number of aromatic nitrogens is 1. The van der Waals surface area contributed by atoms with Crippen LogP contribution in [0.15, 0.2) is 72.8 Å². The van der Waals surface area contributed by atoms with Gasteiger partial charge in [0.05, 0.1) is 0 Å². The number of carbonyl (C=O) groups excluding carboxylic acids is 1. The van der Waals surface area contributed by atoms with Crippen LogP contribution in [-0.2, 0) is 17.6 Å². The Morgan fingerprint density at radius 3 is 2.63 bits per heavy atom. The quantitative estimate of drug-likeness (QED) is 0.571. The summed E-state index contributed by atoms with van der Waals surface area (Å²) in [4.78, 5) is 19.6. The van der Waals surface area contributed by atoms with Gasteiger partial charge in [0.2, 0.25) is 5.91 Å². The molecule has 1 unspecified atom stereocenters. The van der Waals surface area contributed by atoms with Gasteiger partial charge >= 0.3 is 0 Å². The molecule has 0 N–H and O–H groups in total. The Bertz CT molecular complexity index is 989. The van der Waals surface area contributed by atoms with Crippen molar-refractivity contribution in [1.82, 2.24) is 9.88 Å². The average molecular weight is 403 g/mol. The van der Waals surface area contributed by atoms with Crippen molar-refractivity contribution >= 4 is 5.91 Å². The molecule has 4 heteroatoms. The highest BCUT2D eigenvalue weighted by Gasteiger charge is 2.25. The van der Waals surface area contributed by atoms with Crippen molar-refractivity contribution in [3.63, 3.8) is 0 Å². The fourth-order valence-electron chi connectivity index (χ4n) is 4.16. The Balaban J connectivity index is 1.39. The fraction of sp³-hybridized carbons (Fsp3) is 0.308. The first-order valence-corrected chi connectivity index (χ1v) is 10.7. The third kappa shape index (κ3) is 5.12. The van der Waals surface area contributed by atoms with Gasteiger partial charge < -0.3 is 4.90 Å². The van der Waals surface area contributed by atoms with Crippen molar-refractivity contribution in [3.8, 4) is 0 Å². The maximum Gasteiger partial charge on any atom is 0.222 e. The van der Waals surface area contributed by atoms with Gasteiger partial charge in [0.1, 0.15) is 5.82 Å². The molecule has 3 nitrogen and oxygen atoms in total. The van der Waals surface area contributed by atoms with E-state index in [0.717, 1.165) is 37.2 Å². The highest BCUT2D eigenvalue weighted by molar-refractivity contribution is 5.76. The number of carbonyl (C=O) groups is 1. The zero-order valence-corrected chi connectivity index (χ0v) is 17.1. The molecular weight excluding hydrogens is 375 g/mol. The van der Waals surface area contributed by atoms with Crippen LogP contribution in [0, 0.1) is 5.82 Å². The number of pyridine rings is 1. The van der Waals surface area contributed by atoms with E-state index in [0.29, 0.717) is 24.9 Å². The molecule has 1 saturated heterocycles. The maximum atomic E-state index is 14.0. The molecule has 30 heavy (non-hydrogen) atoms. The molecule has 1 aliphatic heterocycles. The normalized spacial score (nSPS) is 16.4. The lowest BCUT2D eigenvalue weighted by Crippen LogP contribution is -2.39. The molecular formula is C26H27FN2O. The van der Waals surface area contributed by atoms with Gasteiger partial charge in [0.25, 0.3) is 0 Å². The molecule has 3 aromatic rings. The van der Waals surface area contributed by atoms with Gasteiger partial charge in [-0.05, 0) is 48.6 Å². The Morgan fingerprint density at radius 2 is 1.80 bits per heavy atom. The highest BCUT2D eigenvalue weighted by atomic mass is 19.1. The van der Waals surface area contributed by atoms with Crippen LogP contribution in [0.2, 0.25) is 0 Å². The molecule has 2 aromatic carbocycles. The Hall–Kier alpha value is -3.01. The first kappa shape index (κ1) is 20.3. The smallest absolute Gasteiger partial charge is 0.222 e. The van der Waals surface area contributed by atoms with Crippen LogP contribution in [-0.4, -0.2) is 28.9 Å². The lowest BCUT2D eigenvalue weighted by atomic mass is 9.93. The van der Waals surface area contributed by atoms with E-state index in [1.54, 1.807) is 12.1 Å². The van der Waals surface area contributed by atoms with Crippen LogP contribution < -0.4 is 0 Å². The van der Waals surface area contributed by atoms with E-state index in [1.807, 2.05) is 47.4 Å². The number of rotatable bonds is 6. The number of hydrogen-bond acceptors (Lipinski definition) is 2. The lowest BCUT2D eigenvalue weighted by molar-refractivity contribution is -0.132. The molecule has 154 valence electrons. The van der Waals surface area contributed by atoms with Crippen LogP contribution >= 0.6 is 0 Å². The topological polar surface area (TPSA) is 33.2 Å². The molecule has 1 aromatic heterocycles. The number of amides is 1. The Morgan fingerprint density at radius 1 is 1.00 bits per heavy atom. The van der Waals surface area contributed by atoms with Gasteiger partial charge in [-0.2, -0.15) is 0 Å². The number of hydrogen-bond donors (Lipinski definition) is 0. The van der Waals surface area contributed by atoms with Crippen molar-refractivity contribution in [2.24, 2.45) is 0 Å². The zero-order chi connectivity index (χ0) is 20.8. The average Bonchev–Trinajstić information content (AvgIpc) is 2.80. The number of nitrogens with zero attached hydrogens (tertiary/aromatic N) is 2. The first-order chi connectivity index (χ1) is 14.7. The van der Waals surface area contributed by atoms with Gasteiger partial charge in [-0.3, -0.25) is 9.78 Å². The van der Waals surface area contributed by atoms with Gasteiger partial charge in [0.15, 0.2) is 0 Å². The first-order valence-electron chi connectivity index (χ1n) is 10.7. The number of benzene rings is 2. The maximum absolute atomic E-state index is 14.0. The van der Waals surface area contributed by atoms with Gasteiger partial charge in [-0.25, -0.2) is 4.39 Å². The molecule has 4 rings (SSSR count). The summed E-state index contributed by atoms with van der Waals surface area (Å²) in [6.07, 6.45) is 3.81.